The molecular formula is C13H14N2O2. The summed E-state index contributed by atoms with van der Waals surface area (Å²) < 4.78 is 5.22. The number of phenolic OH excluding ortho intramolecular Hbond substituents is 1. The maximum atomic E-state index is 9.74. The first-order valence-corrected chi connectivity index (χ1v) is 5.20. The van der Waals surface area contributed by atoms with E-state index in [9.17, 15) is 5.11 Å². The van der Waals surface area contributed by atoms with Crippen molar-refractivity contribution < 1.29 is 9.84 Å². The number of methoxy groups -OCH3 is 1. The molecule has 17 heavy (non-hydrogen) atoms. The number of nitrogens with two attached hydrogens (primary N) is 1. The van der Waals surface area contributed by atoms with Gasteiger partial charge >= 0.3 is 0 Å². The lowest BCUT2D eigenvalue weighted by Crippen LogP contribution is -2.25. The molecular weight excluding hydrogens is 216 g/mol. The van der Waals surface area contributed by atoms with E-state index in [4.69, 9.17) is 10.6 Å². The highest BCUT2D eigenvalue weighted by Gasteiger charge is 2.12. The molecule has 0 fully saturated rings. The number of ether oxygens (including phenoxy) is 1. The summed E-state index contributed by atoms with van der Waals surface area (Å²) in [6.07, 6.45) is 0. The number of phenols is 1. The molecule has 0 aromatic heterocycles. The predicted molar refractivity (Wildman–Crippen MR) is 67.4 cm³/mol. The zero-order chi connectivity index (χ0) is 12.3. The van der Waals surface area contributed by atoms with Gasteiger partial charge in [0.15, 0.2) is 0 Å². The number of para-hydroxylation sites is 4. The molecule has 0 unspecified atom stereocenters. The van der Waals surface area contributed by atoms with Crippen LogP contribution in [-0.2, 0) is 0 Å². The third kappa shape index (κ3) is 2.16. The fourth-order valence-corrected chi connectivity index (χ4v) is 1.63. The molecule has 0 aliphatic carbocycles. The van der Waals surface area contributed by atoms with Crippen molar-refractivity contribution in [3.8, 4) is 11.5 Å². The van der Waals surface area contributed by atoms with E-state index in [-0.39, 0.29) is 5.75 Å². The summed E-state index contributed by atoms with van der Waals surface area (Å²) in [5.74, 6) is 6.76. The summed E-state index contributed by atoms with van der Waals surface area (Å²) >= 11 is 0. The van der Waals surface area contributed by atoms with Crippen molar-refractivity contribution in [3.63, 3.8) is 0 Å². The first-order chi connectivity index (χ1) is 8.24. The summed E-state index contributed by atoms with van der Waals surface area (Å²) in [4.78, 5) is 0. The molecule has 88 valence electrons. The number of anilines is 2. The van der Waals surface area contributed by atoms with Gasteiger partial charge in [-0.25, -0.2) is 5.84 Å². The van der Waals surface area contributed by atoms with Crippen molar-refractivity contribution in [2.45, 2.75) is 0 Å². The molecule has 4 nitrogen and oxygen atoms in total. The zero-order valence-corrected chi connectivity index (χ0v) is 9.50. The second-order valence-corrected chi connectivity index (χ2v) is 3.53. The van der Waals surface area contributed by atoms with Crippen molar-refractivity contribution in [2.75, 3.05) is 12.1 Å². The first kappa shape index (κ1) is 11.3. The molecule has 2 aromatic rings. The molecule has 0 bridgehead atoms. The predicted octanol–water partition coefficient (Wildman–Crippen LogP) is 2.41. The molecule has 0 aliphatic heterocycles. The van der Waals surface area contributed by atoms with Gasteiger partial charge in [0, 0.05) is 0 Å². The standard InChI is InChI=1S/C13H14N2O2/c1-17-13-9-5-3-7-11(13)15(14)10-6-2-4-8-12(10)16/h2-9,16H,14H2,1H3. The third-order valence-corrected chi connectivity index (χ3v) is 2.49. The van der Waals surface area contributed by atoms with Gasteiger partial charge in [0.25, 0.3) is 0 Å². The first-order valence-electron chi connectivity index (χ1n) is 5.20. The van der Waals surface area contributed by atoms with E-state index in [0.29, 0.717) is 17.1 Å². The molecule has 3 N–H and O–H groups in total. The van der Waals surface area contributed by atoms with Crippen LogP contribution in [0.1, 0.15) is 0 Å². The molecule has 0 saturated carbocycles. The molecule has 0 radical (unpaired) electrons. The SMILES string of the molecule is COc1ccccc1N(N)c1ccccc1O. The van der Waals surface area contributed by atoms with Crippen LogP contribution in [0.3, 0.4) is 0 Å². The second-order valence-electron chi connectivity index (χ2n) is 3.53. The fraction of sp³-hybridized carbons (Fsp3) is 0.0769. The van der Waals surface area contributed by atoms with Gasteiger partial charge in [0.05, 0.1) is 18.5 Å². The molecule has 0 spiro atoms. The Morgan fingerprint density at radius 1 is 1.00 bits per heavy atom. The highest BCUT2D eigenvalue weighted by atomic mass is 16.5. The average Bonchev–Trinajstić information content (AvgIpc) is 2.38. The van der Waals surface area contributed by atoms with Crippen LogP contribution in [0, 0.1) is 0 Å². The van der Waals surface area contributed by atoms with E-state index in [2.05, 4.69) is 0 Å². The van der Waals surface area contributed by atoms with Crippen LogP contribution >= 0.6 is 0 Å². The van der Waals surface area contributed by atoms with Crippen LogP contribution in [0.2, 0.25) is 0 Å². The van der Waals surface area contributed by atoms with E-state index in [0.717, 1.165) is 0 Å². The normalized spacial score (nSPS) is 10.0. The fourth-order valence-electron chi connectivity index (χ4n) is 1.63. The van der Waals surface area contributed by atoms with Gasteiger partial charge in [-0.2, -0.15) is 0 Å². The Hall–Kier alpha value is -2.20. The van der Waals surface area contributed by atoms with Gasteiger partial charge in [-0.15, -0.1) is 0 Å². The van der Waals surface area contributed by atoms with Crippen LogP contribution in [0.5, 0.6) is 11.5 Å². The number of hydrogen-bond acceptors (Lipinski definition) is 4. The Morgan fingerprint density at radius 2 is 1.59 bits per heavy atom. The van der Waals surface area contributed by atoms with Crippen molar-refractivity contribution in [1.82, 2.24) is 0 Å². The monoisotopic (exact) mass is 230 g/mol. The Morgan fingerprint density at radius 3 is 2.24 bits per heavy atom. The summed E-state index contributed by atoms with van der Waals surface area (Å²) in [6.45, 7) is 0. The number of nitrogens with zero attached hydrogens (tertiary/aromatic N) is 1. The minimum atomic E-state index is 0.126. The molecule has 0 aliphatic rings. The summed E-state index contributed by atoms with van der Waals surface area (Å²) in [5.41, 5.74) is 1.22. The van der Waals surface area contributed by atoms with E-state index in [1.54, 1.807) is 25.3 Å². The van der Waals surface area contributed by atoms with Crippen molar-refractivity contribution >= 4 is 11.4 Å². The van der Waals surface area contributed by atoms with E-state index in [1.807, 2.05) is 30.3 Å². The Kier molecular flexibility index (Phi) is 3.16. The van der Waals surface area contributed by atoms with Crippen LogP contribution in [0.25, 0.3) is 0 Å². The average molecular weight is 230 g/mol. The van der Waals surface area contributed by atoms with Gasteiger partial charge in [-0.3, -0.25) is 5.01 Å². The van der Waals surface area contributed by atoms with Crippen molar-refractivity contribution in [2.24, 2.45) is 5.84 Å². The largest absolute Gasteiger partial charge is 0.506 e. The van der Waals surface area contributed by atoms with Gasteiger partial charge in [0.2, 0.25) is 0 Å². The second kappa shape index (κ2) is 4.76. The third-order valence-electron chi connectivity index (χ3n) is 2.49. The quantitative estimate of drug-likeness (QED) is 0.628. The molecule has 0 saturated heterocycles. The zero-order valence-electron chi connectivity index (χ0n) is 9.50. The van der Waals surface area contributed by atoms with Crippen molar-refractivity contribution in [3.05, 3.63) is 48.5 Å². The smallest absolute Gasteiger partial charge is 0.143 e. The van der Waals surface area contributed by atoms with Crippen molar-refractivity contribution in [1.29, 1.82) is 0 Å². The van der Waals surface area contributed by atoms with Crippen LogP contribution in [0.4, 0.5) is 11.4 Å². The molecule has 2 rings (SSSR count). The van der Waals surface area contributed by atoms with Gasteiger partial charge < -0.3 is 9.84 Å². The van der Waals surface area contributed by atoms with E-state index < -0.39 is 0 Å². The molecule has 0 atom stereocenters. The lowest BCUT2D eigenvalue weighted by Gasteiger charge is -2.21. The Balaban J connectivity index is 2.44. The van der Waals surface area contributed by atoms with E-state index >= 15 is 0 Å². The van der Waals surface area contributed by atoms with Crippen LogP contribution in [-0.4, -0.2) is 12.2 Å². The lowest BCUT2D eigenvalue weighted by atomic mass is 10.2. The summed E-state index contributed by atoms with van der Waals surface area (Å²) in [6, 6.07) is 14.2. The molecule has 0 amide bonds. The summed E-state index contributed by atoms with van der Waals surface area (Å²) in [7, 11) is 1.58. The highest BCUT2D eigenvalue weighted by Crippen LogP contribution is 2.34. The number of hydrogen-bond donors (Lipinski definition) is 2. The minimum absolute atomic E-state index is 0.126. The van der Waals surface area contributed by atoms with E-state index in [1.165, 1.54) is 5.01 Å². The Labute approximate surface area is 99.8 Å². The Bertz CT molecular complexity index is 514. The number of hydrazine groups is 1. The molecule has 0 heterocycles. The van der Waals surface area contributed by atoms with Crippen LogP contribution in [0.15, 0.2) is 48.5 Å². The molecule has 4 heteroatoms. The minimum Gasteiger partial charge on any atom is -0.506 e. The maximum Gasteiger partial charge on any atom is 0.143 e. The maximum absolute atomic E-state index is 9.74. The van der Waals surface area contributed by atoms with Gasteiger partial charge in [0.1, 0.15) is 11.5 Å². The number of aromatic hydroxyl groups is 1. The van der Waals surface area contributed by atoms with Crippen LogP contribution < -0.4 is 15.6 Å². The topological polar surface area (TPSA) is 58.7 Å². The van der Waals surface area contributed by atoms with Gasteiger partial charge in [-0.05, 0) is 24.3 Å². The highest BCUT2D eigenvalue weighted by molar-refractivity contribution is 5.71. The lowest BCUT2D eigenvalue weighted by molar-refractivity contribution is 0.415. The van der Waals surface area contributed by atoms with Gasteiger partial charge in [-0.1, -0.05) is 24.3 Å². The summed E-state index contributed by atoms with van der Waals surface area (Å²) in [5, 5.41) is 11.1. The number of benzene rings is 2. The molecule has 2 aromatic carbocycles. The number of rotatable bonds is 3.